The van der Waals surface area contributed by atoms with Gasteiger partial charge in [-0.1, -0.05) is 0 Å². The number of hydrogen-bond acceptors (Lipinski definition) is 5. The summed E-state index contributed by atoms with van der Waals surface area (Å²) >= 11 is 0. The van der Waals surface area contributed by atoms with E-state index in [0.717, 1.165) is 0 Å². The van der Waals surface area contributed by atoms with Crippen LogP contribution in [0.2, 0.25) is 0 Å². The molecule has 0 fully saturated rings. The number of aliphatic hydroxyl groups excluding tert-OH is 1. The van der Waals surface area contributed by atoms with E-state index in [4.69, 9.17) is 9.84 Å². The fourth-order valence-corrected chi connectivity index (χ4v) is 1.43. The van der Waals surface area contributed by atoms with Crippen LogP contribution in [0.5, 0.6) is 11.5 Å². The van der Waals surface area contributed by atoms with Gasteiger partial charge in [0.1, 0.15) is 11.5 Å². The van der Waals surface area contributed by atoms with Crippen LogP contribution < -0.4 is 10.1 Å². The molecule has 0 spiro atoms. The van der Waals surface area contributed by atoms with Gasteiger partial charge in [-0.2, -0.15) is 0 Å². The molecule has 0 heterocycles. The van der Waals surface area contributed by atoms with Crippen molar-refractivity contribution >= 4 is 11.9 Å². The van der Waals surface area contributed by atoms with Crippen molar-refractivity contribution < 1.29 is 29.6 Å². The number of phenolic OH excluding ortho intramolecular Hbond substituents is 1. The van der Waals surface area contributed by atoms with Crippen LogP contribution in [-0.2, 0) is 4.79 Å². The number of carboxylic acids is 1. The lowest BCUT2D eigenvalue weighted by atomic mass is 10.1. The Morgan fingerprint density at radius 3 is 2.47 bits per heavy atom. The summed E-state index contributed by atoms with van der Waals surface area (Å²) in [5.41, 5.74) is -0.133. The quantitative estimate of drug-likeness (QED) is 0.596. The van der Waals surface area contributed by atoms with Crippen LogP contribution in [0.4, 0.5) is 0 Å². The molecule has 1 aromatic carbocycles. The number of aliphatic carboxylic acids is 1. The zero-order valence-corrected chi connectivity index (χ0v) is 10.5. The second-order valence-corrected chi connectivity index (χ2v) is 3.91. The van der Waals surface area contributed by atoms with Crippen molar-refractivity contribution in [1.82, 2.24) is 5.32 Å². The first-order valence-electron chi connectivity index (χ1n) is 5.45. The molecular weight excluding hydrogens is 254 g/mol. The second-order valence-electron chi connectivity index (χ2n) is 3.91. The summed E-state index contributed by atoms with van der Waals surface area (Å²) in [6.45, 7) is 1.24. The maximum Gasteiger partial charge on any atom is 0.328 e. The first kappa shape index (κ1) is 14.8. The minimum atomic E-state index is -1.46. The van der Waals surface area contributed by atoms with Gasteiger partial charge in [0.2, 0.25) is 0 Å². The number of aliphatic hydroxyl groups is 1. The van der Waals surface area contributed by atoms with Crippen LogP contribution in [0.15, 0.2) is 18.2 Å². The fraction of sp³-hybridized carbons (Fsp3) is 0.333. The van der Waals surface area contributed by atoms with Crippen molar-refractivity contribution in [3.63, 3.8) is 0 Å². The summed E-state index contributed by atoms with van der Waals surface area (Å²) in [4.78, 5) is 22.7. The molecule has 0 aromatic heterocycles. The van der Waals surface area contributed by atoms with Gasteiger partial charge < -0.3 is 25.4 Å². The third-order valence-electron chi connectivity index (χ3n) is 2.48. The molecule has 0 radical (unpaired) electrons. The summed E-state index contributed by atoms with van der Waals surface area (Å²) in [6.07, 6.45) is -1.27. The average Bonchev–Trinajstić information content (AvgIpc) is 2.35. The van der Waals surface area contributed by atoms with Gasteiger partial charge >= 0.3 is 5.97 Å². The van der Waals surface area contributed by atoms with Crippen LogP contribution in [0, 0.1) is 0 Å². The number of ether oxygens (including phenoxy) is 1. The van der Waals surface area contributed by atoms with E-state index in [1.54, 1.807) is 0 Å². The highest BCUT2D eigenvalue weighted by atomic mass is 16.5. The van der Waals surface area contributed by atoms with Crippen molar-refractivity contribution in [2.24, 2.45) is 0 Å². The Morgan fingerprint density at radius 1 is 1.37 bits per heavy atom. The number of carbonyl (C=O) groups excluding carboxylic acids is 1. The van der Waals surface area contributed by atoms with E-state index >= 15 is 0 Å². The molecule has 2 atom stereocenters. The molecule has 0 aliphatic carbocycles. The van der Waals surface area contributed by atoms with E-state index in [2.05, 4.69) is 5.32 Å². The lowest BCUT2D eigenvalue weighted by Gasteiger charge is -2.17. The first-order valence-corrected chi connectivity index (χ1v) is 5.45. The number of carboxylic acid groups (broad SMARTS) is 1. The summed E-state index contributed by atoms with van der Waals surface area (Å²) in [6, 6.07) is 2.52. The number of amides is 1. The number of nitrogens with one attached hydrogen (secondary N) is 1. The zero-order valence-electron chi connectivity index (χ0n) is 10.5. The van der Waals surface area contributed by atoms with Gasteiger partial charge in [0.05, 0.1) is 18.8 Å². The highest BCUT2D eigenvalue weighted by Gasteiger charge is 2.26. The minimum absolute atomic E-state index is 0.133. The van der Waals surface area contributed by atoms with Crippen molar-refractivity contribution in [3.05, 3.63) is 23.8 Å². The standard InChI is InChI=1S/C12H15NO6/c1-6(14)10(12(17)18)13-11(16)8-5-7(19-2)3-4-9(8)15/h3-6,10,14-15H,1-2H3,(H,13,16)(H,17,18). The maximum absolute atomic E-state index is 11.9. The van der Waals surface area contributed by atoms with Gasteiger partial charge in [-0.05, 0) is 25.1 Å². The van der Waals surface area contributed by atoms with E-state index in [0.29, 0.717) is 5.75 Å². The number of methoxy groups -OCH3 is 1. The molecule has 0 aliphatic heterocycles. The number of phenols is 1. The van der Waals surface area contributed by atoms with Gasteiger partial charge in [-0.15, -0.1) is 0 Å². The lowest BCUT2D eigenvalue weighted by Crippen LogP contribution is -2.47. The number of hydrogen-bond donors (Lipinski definition) is 4. The van der Waals surface area contributed by atoms with Crippen LogP contribution in [0.1, 0.15) is 17.3 Å². The Labute approximate surface area is 109 Å². The van der Waals surface area contributed by atoms with Gasteiger partial charge in [-0.25, -0.2) is 4.79 Å². The molecule has 0 saturated heterocycles. The number of benzene rings is 1. The van der Waals surface area contributed by atoms with Crippen molar-refractivity contribution in [1.29, 1.82) is 0 Å². The second kappa shape index (κ2) is 6.05. The van der Waals surface area contributed by atoms with Crippen LogP contribution in [0.3, 0.4) is 0 Å². The first-order chi connectivity index (χ1) is 8.86. The molecule has 1 amide bonds. The van der Waals surface area contributed by atoms with Crippen molar-refractivity contribution in [3.8, 4) is 11.5 Å². The Bertz CT molecular complexity index is 485. The predicted octanol–water partition coefficient (Wildman–Crippen LogP) is -0.0354. The highest BCUT2D eigenvalue weighted by molar-refractivity contribution is 5.99. The Kier molecular flexibility index (Phi) is 4.71. The predicted molar refractivity (Wildman–Crippen MR) is 65.2 cm³/mol. The lowest BCUT2D eigenvalue weighted by molar-refractivity contribution is -0.141. The van der Waals surface area contributed by atoms with Crippen molar-refractivity contribution in [2.75, 3.05) is 7.11 Å². The zero-order chi connectivity index (χ0) is 14.6. The Morgan fingerprint density at radius 2 is 2.00 bits per heavy atom. The number of carbonyl (C=O) groups is 2. The number of aromatic hydroxyl groups is 1. The molecular formula is C12H15NO6. The highest BCUT2D eigenvalue weighted by Crippen LogP contribution is 2.22. The van der Waals surface area contributed by atoms with Gasteiger partial charge in [0, 0.05) is 0 Å². The van der Waals surface area contributed by atoms with E-state index < -0.39 is 24.0 Å². The third kappa shape index (κ3) is 3.59. The molecule has 2 unspecified atom stereocenters. The molecule has 0 saturated carbocycles. The van der Waals surface area contributed by atoms with E-state index in [1.807, 2.05) is 0 Å². The van der Waals surface area contributed by atoms with Crippen LogP contribution in [0.25, 0.3) is 0 Å². The molecule has 0 aliphatic rings. The molecule has 1 rings (SSSR count). The summed E-state index contributed by atoms with van der Waals surface area (Å²) in [5, 5.41) is 29.8. The Balaban J connectivity index is 2.97. The van der Waals surface area contributed by atoms with Crippen molar-refractivity contribution in [2.45, 2.75) is 19.1 Å². The third-order valence-corrected chi connectivity index (χ3v) is 2.48. The van der Waals surface area contributed by atoms with E-state index in [9.17, 15) is 19.8 Å². The van der Waals surface area contributed by atoms with Crippen LogP contribution >= 0.6 is 0 Å². The molecule has 7 heteroatoms. The normalized spacial score (nSPS) is 13.4. The summed E-state index contributed by atoms with van der Waals surface area (Å²) in [7, 11) is 1.39. The molecule has 7 nitrogen and oxygen atoms in total. The smallest absolute Gasteiger partial charge is 0.328 e. The maximum atomic E-state index is 11.9. The topological polar surface area (TPSA) is 116 Å². The molecule has 19 heavy (non-hydrogen) atoms. The van der Waals surface area contributed by atoms with Crippen LogP contribution in [-0.4, -0.2) is 46.5 Å². The van der Waals surface area contributed by atoms with Gasteiger partial charge in [-0.3, -0.25) is 4.79 Å². The molecule has 104 valence electrons. The SMILES string of the molecule is COc1ccc(O)c(C(=O)NC(C(=O)O)C(C)O)c1. The largest absolute Gasteiger partial charge is 0.507 e. The monoisotopic (exact) mass is 269 g/mol. The van der Waals surface area contributed by atoms with Gasteiger partial charge in [0.15, 0.2) is 6.04 Å². The van der Waals surface area contributed by atoms with E-state index in [-0.39, 0.29) is 11.3 Å². The van der Waals surface area contributed by atoms with Gasteiger partial charge in [0.25, 0.3) is 5.91 Å². The summed E-state index contributed by atoms with van der Waals surface area (Å²) in [5.74, 6) is -2.16. The Hall–Kier alpha value is -2.28. The average molecular weight is 269 g/mol. The summed E-state index contributed by atoms with van der Waals surface area (Å²) < 4.78 is 4.90. The molecule has 1 aromatic rings. The van der Waals surface area contributed by atoms with E-state index in [1.165, 1.54) is 32.2 Å². The number of rotatable bonds is 5. The minimum Gasteiger partial charge on any atom is -0.507 e. The molecule has 4 N–H and O–H groups in total. The fourth-order valence-electron chi connectivity index (χ4n) is 1.43. The molecule has 0 bridgehead atoms.